The molecule has 1 atom stereocenters. The number of hydrogen-bond donors (Lipinski definition) is 1. The third-order valence-corrected chi connectivity index (χ3v) is 7.59. The quantitative estimate of drug-likeness (QED) is 0.811. The van der Waals surface area contributed by atoms with Gasteiger partial charge in [0, 0.05) is 13.1 Å². The average molecular weight is 418 g/mol. The van der Waals surface area contributed by atoms with E-state index in [-0.39, 0.29) is 17.3 Å². The Morgan fingerprint density at radius 1 is 1.22 bits per heavy atom. The van der Waals surface area contributed by atoms with Gasteiger partial charge in [0.05, 0.1) is 5.56 Å². The lowest BCUT2D eigenvalue weighted by atomic mass is 10.1. The fraction of sp³-hybridized carbons (Fsp3) is 0.353. The van der Waals surface area contributed by atoms with Crippen LogP contribution in [0.3, 0.4) is 0 Å². The van der Waals surface area contributed by atoms with Crippen LogP contribution in [0.15, 0.2) is 46.0 Å². The monoisotopic (exact) mass is 418 g/mol. The Morgan fingerprint density at radius 3 is 2.52 bits per heavy atom. The van der Waals surface area contributed by atoms with Gasteiger partial charge in [0.1, 0.15) is 10.3 Å². The predicted octanol–water partition coefficient (Wildman–Crippen LogP) is 3.24. The summed E-state index contributed by atoms with van der Waals surface area (Å²) in [6.45, 7) is 0.291. The predicted molar refractivity (Wildman–Crippen MR) is 94.5 cm³/mol. The Hall–Kier alpha value is -1.91. The number of nitrogens with one attached hydrogen (secondary N) is 1. The van der Waals surface area contributed by atoms with Crippen LogP contribution in [0.4, 0.5) is 13.2 Å². The van der Waals surface area contributed by atoms with Gasteiger partial charge in [-0.15, -0.1) is 11.3 Å². The molecule has 2 heterocycles. The van der Waals surface area contributed by atoms with Gasteiger partial charge in [0.25, 0.3) is 10.0 Å². The van der Waals surface area contributed by atoms with Crippen LogP contribution in [0.25, 0.3) is 0 Å². The van der Waals surface area contributed by atoms with E-state index in [4.69, 9.17) is 0 Å². The molecule has 3 rings (SSSR count). The lowest BCUT2D eigenvalue weighted by molar-refractivity contribution is -0.137. The maximum absolute atomic E-state index is 12.7. The second-order valence-corrected chi connectivity index (χ2v) is 9.18. The SMILES string of the molecule is O=C(NCc1ccc(C(F)(F)F)cc1)[C@H]1CCCN1S(=O)(=O)c1cccs1. The number of thiophene rings is 1. The van der Waals surface area contributed by atoms with E-state index in [9.17, 15) is 26.4 Å². The maximum atomic E-state index is 12.7. The van der Waals surface area contributed by atoms with Gasteiger partial charge in [0.2, 0.25) is 5.91 Å². The number of nitrogens with zero attached hydrogens (tertiary/aromatic N) is 1. The molecular formula is C17H17F3N2O3S2. The van der Waals surface area contributed by atoms with Crippen molar-refractivity contribution in [3.8, 4) is 0 Å². The largest absolute Gasteiger partial charge is 0.416 e. The molecule has 1 fully saturated rings. The van der Waals surface area contributed by atoms with Crippen molar-refractivity contribution in [1.29, 1.82) is 0 Å². The standard InChI is InChI=1S/C17H17F3N2O3S2/c18-17(19,20)13-7-5-12(6-8-13)11-21-16(23)14-3-1-9-22(14)27(24,25)15-4-2-10-26-15/h2,4-8,10,14H,1,3,9,11H2,(H,21,23)/t14-/m1/s1. The molecule has 2 aromatic rings. The van der Waals surface area contributed by atoms with Gasteiger partial charge < -0.3 is 5.32 Å². The van der Waals surface area contributed by atoms with Crippen molar-refractivity contribution >= 4 is 27.3 Å². The van der Waals surface area contributed by atoms with Gasteiger partial charge in [-0.05, 0) is 42.0 Å². The van der Waals surface area contributed by atoms with Crippen molar-refractivity contribution in [2.45, 2.75) is 35.8 Å². The molecule has 1 aliphatic rings. The van der Waals surface area contributed by atoms with E-state index in [1.165, 1.54) is 22.5 Å². The van der Waals surface area contributed by atoms with Crippen LogP contribution in [0, 0.1) is 0 Å². The van der Waals surface area contributed by atoms with Gasteiger partial charge in [-0.25, -0.2) is 8.42 Å². The second-order valence-electron chi connectivity index (χ2n) is 6.12. The summed E-state index contributed by atoms with van der Waals surface area (Å²) >= 11 is 1.09. The zero-order valence-electron chi connectivity index (χ0n) is 14.1. The molecule has 1 aromatic carbocycles. The molecule has 0 aliphatic carbocycles. The molecule has 0 saturated carbocycles. The molecule has 1 saturated heterocycles. The highest BCUT2D eigenvalue weighted by molar-refractivity contribution is 7.91. The molecule has 0 unspecified atom stereocenters. The summed E-state index contributed by atoms with van der Waals surface area (Å²) in [5.74, 6) is -0.451. The van der Waals surface area contributed by atoms with E-state index in [1.54, 1.807) is 11.4 Å². The zero-order valence-corrected chi connectivity index (χ0v) is 15.7. The minimum atomic E-state index is -4.41. The van der Waals surface area contributed by atoms with Crippen molar-refractivity contribution in [1.82, 2.24) is 9.62 Å². The van der Waals surface area contributed by atoms with Gasteiger partial charge in [0.15, 0.2) is 0 Å². The zero-order chi connectivity index (χ0) is 19.7. The van der Waals surface area contributed by atoms with E-state index in [2.05, 4.69) is 5.32 Å². The van der Waals surface area contributed by atoms with Crippen LogP contribution in [0.5, 0.6) is 0 Å². The highest BCUT2D eigenvalue weighted by Gasteiger charge is 2.39. The summed E-state index contributed by atoms with van der Waals surface area (Å²) in [4.78, 5) is 12.5. The van der Waals surface area contributed by atoms with Gasteiger partial charge in [-0.3, -0.25) is 4.79 Å². The van der Waals surface area contributed by atoms with Crippen molar-refractivity contribution in [3.05, 3.63) is 52.9 Å². The number of carbonyl (C=O) groups excluding carboxylic acids is 1. The average Bonchev–Trinajstić information content (AvgIpc) is 3.31. The number of carbonyl (C=O) groups is 1. The summed E-state index contributed by atoms with van der Waals surface area (Å²) in [5, 5.41) is 4.28. The molecule has 27 heavy (non-hydrogen) atoms. The molecule has 1 N–H and O–H groups in total. The first-order valence-corrected chi connectivity index (χ1v) is 10.5. The lowest BCUT2D eigenvalue weighted by Crippen LogP contribution is -2.45. The molecule has 1 aromatic heterocycles. The summed E-state index contributed by atoms with van der Waals surface area (Å²) in [7, 11) is -3.73. The molecule has 0 bridgehead atoms. The number of hydrogen-bond acceptors (Lipinski definition) is 4. The van der Waals surface area contributed by atoms with Crippen molar-refractivity contribution in [2.75, 3.05) is 6.54 Å². The van der Waals surface area contributed by atoms with Crippen LogP contribution < -0.4 is 5.32 Å². The Morgan fingerprint density at radius 2 is 1.93 bits per heavy atom. The minimum Gasteiger partial charge on any atom is -0.351 e. The number of rotatable bonds is 5. The summed E-state index contributed by atoms with van der Waals surface area (Å²) < 4.78 is 64.4. The highest BCUT2D eigenvalue weighted by atomic mass is 32.2. The summed E-state index contributed by atoms with van der Waals surface area (Å²) in [5.41, 5.74) is -0.261. The molecule has 1 aliphatic heterocycles. The Bertz CT molecular complexity index is 895. The first-order valence-electron chi connectivity index (χ1n) is 8.19. The maximum Gasteiger partial charge on any atom is 0.416 e. The van der Waals surface area contributed by atoms with Crippen molar-refractivity contribution in [2.24, 2.45) is 0 Å². The van der Waals surface area contributed by atoms with E-state index in [0.717, 1.165) is 23.5 Å². The van der Waals surface area contributed by atoms with Crippen LogP contribution in [0.1, 0.15) is 24.0 Å². The summed E-state index contributed by atoms with van der Waals surface area (Å²) in [6, 6.07) is 6.79. The number of sulfonamides is 1. The van der Waals surface area contributed by atoms with E-state index < -0.39 is 33.7 Å². The number of alkyl halides is 3. The first kappa shape index (κ1) is 19.8. The van der Waals surface area contributed by atoms with Crippen molar-refractivity contribution < 1.29 is 26.4 Å². The Balaban J connectivity index is 1.65. The molecule has 1 amide bonds. The summed E-state index contributed by atoms with van der Waals surface area (Å²) in [6.07, 6.45) is -3.44. The van der Waals surface area contributed by atoms with Crippen LogP contribution in [-0.4, -0.2) is 31.2 Å². The second kappa shape index (κ2) is 7.61. The van der Waals surface area contributed by atoms with E-state index >= 15 is 0 Å². The third kappa shape index (κ3) is 4.33. The minimum absolute atomic E-state index is 0.0281. The molecule has 0 spiro atoms. The normalized spacial score (nSPS) is 18.6. The molecule has 0 radical (unpaired) electrons. The molecule has 10 heteroatoms. The highest BCUT2D eigenvalue weighted by Crippen LogP contribution is 2.30. The molecular weight excluding hydrogens is 401 g/mol. The van der Waals surface area contributed by atoms with Crippen LogP contribution >= 0.6 is 11.3 Å². The smallest absolute Gasteiger partial charge is 0.351 e. The van der Waals surface area contributed by atoms with Gasteiger partial charge in [-0.2, -0.15) is 17.5 Å². The topological polar surface area (TPSA) is 66.5 Å². The molecule has 5 nitrogen and oxygen atoms in total. The first-order chi connectivity index (χ1) is 12.7. The lowest BCUT2D eigenvalue weighted by Gasteiger charge is -2.22. The fourth-order valence-electron chi connectivity index (χ4n) is 2.93. The van der Waals surface area contributed by atoms with Crippen LogP contribution in [-0.2, 0) is 27.5 Å². The number of amides is 1. The van der Waals surface area contributed by atoms with E-state index in [0.29, 0.717) is 18.4 Å². The Kier molecular flexibility index (Phi) is 5.59. The van der Waals surface area contributed by atoms with Gasteiger partial charge >= 0.3 is 6.18 Å². The van der Waals surface area contributed by atoms with Crippen molar-refractivity contribution in [3.63, 3.8) is 0 Å². The molecule has 146 valence electrons. The number of benzene rings is 1. The van der Waals surface area contributed by atoms with E-state index in [1.807, 2.05) is 0 Å². The Labute approximate surface area is 158 Å². The van der Waals surface area contributed by atoms with Crippen LogP contribution in [0.2, 0.25) is 0 Å². The van der Waals surface area contributed by atoms with Gasteiger partial charge in [-0.1, -0.05) is 18.2 Å². The third-order valence-electron chi connectivity index (χ3n) is 4.31. The number of halogens is 3. The fourth-order valence-corrected chi connectivity index (χ4v) is 5.71.